The van der Waals surface area contributed by atoms with Crippen molar-refractivity contribution in [2.45, 2.75) is 0 Å². The molecule has 8 heteroatoms. The van der Waals surface area contributed by atoms with Gasteiger partial charge >= 0.3 is 5.97 Å². The maximum Gasteiger partial charge on any atom is 0.344 e. The van der Waals surface area contributed by atoms with Crippen LogP contribution in [0.1, 0.15) is 0 Å². The lowest BCUT2D eigenvalue weighted by atomic mass is 10.3. The summed E-state index contributed by atoms with van der Waals surface area (Å²) < 4.78 is 20.6. The van der Waals surface area contributed by atoms with Crippen LogP contribution >= 0.6 is 0 Å². The molecule has 0 aliphatic heterocycles. The molecule has 0 N–H and O–H groups in total. The monoisotopic (exact) mass is 347 g/mol. The van der Waals surface area contributed by atoms with Gasteiger partial charge in [0.05, 0.1) is 12.0 Å². The summed E-state index contributed by atoms with van der Waals surface area (Å²) in [7, 11) is 1.58. The molecule has 2 aromatic rings. The number of nitro groups is 1. The number of nitrogens with zero attached hydrogens (tertiary/aromatic N) is 1. The van der Waals surface area contributed by atoms with Crippen molar-refractivity contribution < 1.29 is 28.7 Å². The molecule has 0 aliphatic carbocycles. The zero-order chi connectivity index (χ0) is 18.1. The molecule has 8 nitrogen and oxygen atoms in total. The molecule has 0 unspecified atom stereocenters. The predicted octanol–water partition coefficient (Wildman–Crippen LogP) is 2.60. The number of carbonyl (C=O) groups is 1. The number of hydrogen-bond donors (Lipinski definition) is 0. The van der Waals surface area contributed by atoms with Crippen molar-refractivity contribution in [3.05, 3.63) is 58.6 Å². The van der Waals surface area contributed by atoms with Gasteiger partial charge in [0.1, 0.15) is 30.5 Å². The van der Waals surface area contributed by atoms with E-state index >= 15 is 0 Å². The van der Waals surface area contributed by atoms with Gasteiger partial charge in [-0.3, -0.25) is 10.1 Å². The Hall–Kier alpha value is -3.29. The number of hydrogen-bond acceptors (Lipinski definition) is 7. The lowest BCUT2D eigenvalue weighted by Crippen LogP contribution is -2.18. The molecule has 0 radical (unpaired) electrons. The van der Waals surface area contributed by atoms with Crippen molar-refractivity contribution in [2.24, 2.45) is 0 Å². The highest BCUT2D eigenvalue weighted by atomic mass is 16.6. The number of benzene rings is 2. The maximum atomic E-state index is 11.6. The molecule has 0 aliphatic rings. The summed E-state index contributed by atoms with van der Waals surface area (Å²) in [6.45, 7) is -0.00949. The van der Waals surface area contributed by atoms with Crippen LogP contribution < -0.4 is 14.2 Å². The first kappa shape index (κ1) is 18.1. The number of carbonyl (C=O) groups excluding carboxylic acids is 1. The van der Waals surface area contributed by atoms with Gasteiger partial charge in [0.2, 0.25) is 0 Å². The Labute approximate surface area is 144 Å². The van der Waals surface area contributed by atoms with Crippen molar-refractivity contribution in [3.8, 4) is 17.2 Å². The van der Waals surface area contributed by atoms with E-state index in [4.69, 9.17) is 18.9 Å². The molecule has 0 spiro atoms. The van der Waals surface area contributed by atoms with Crippen LogP contribution in [0.15, 0.2) is 48.5 Å². The van der Waals surface area contributed by atoms with E-state index in [1.165, 1.54) is 24.3 Å². The SMILES string of the molecule is COc1ccc(OCCOC(=O)COc2ccc([N+](=O)[O-])cc2)cc1. The van der Waals surface area contributed by atoms with E-state index in [0.29, 0.717) is 11.5 Å². The Morgan fingerprint density at radius 2 is 1.48 bits per heavy atom. The quantitative estimate of drug-likeness (QED) is 0.298. The van der Waals surface area contributed by atoms with Crippen molar-refractivity contribution in [3.63, 3.8) is 0 Å². The van der Waals surface area contributed by atoms with E-state index < -0.39 is 10.9 Å². The van der Waals surface area contributed by atoms with Crippen molar-refractivity contribution in [2.75, 3.05) is 26.9 Å². The highest BCUT2D eigenvalue weighted by Crippen LogP contribution is 2.18. The number of ether oxygens (including phenoxy) is 4. The molecule has 2 rings (SSSR count). The van der Waals surface area contributed by atoms with Gasteiger partial charge in [-0.15, -0.1) is 0 Å². The van der Waals surface area contributed by atoms with Gasteiger partial charge in [0, 0.05) is 12.1 Å². The van der Waals surface area contributed by atoms with Crippen molar-refractivity contribution >= 4 is 11.7 Å². The zero-order valence-corrected chi connectivity index (χ0v) is 13.5. The first-order valence-corrected chi connectivity index (χ1v) is 7.38. The Morgan fingerprint density at radius 1 is 0.920 bits per heavy atom. The van der Waals surface area contributed by atoms with Crippen LogP contribution in [-0.2, 0) is 9.53 Å². The summed E-state index contributed by atoms with van der Waals surface area (Å²) in [6.07, 6.45) is 0. The third-order valence-corrected chi connectivity index (χ3v) is 3.08. The molecular weight excluding hydrogens is 330 g/mol. The number of nitro benzene ring substituents is 1. The maximum absolute atomic E-state index is 11.6. The van der Waals surface area contributed by atoms with Gasteiger partial charge in [0.15, 0.2) is 6.61 Å². The number of non-ortho nitro benzene ring substituents is 1. The fraction of sp³-hybridized carbons (Fsp3) is 0.235. The summed E-state index contributed by atoms with van der Waals surface area (Å²) in [5, 5.41) is 10.5. The second kappa shape index (κ2) is 9.11. The predicted molar refractivity (Wildman–Crippen MR) is 88.0 cm³/mol. The lowest BCUT2D eigenvalue weighted by molar-refractivity contribution is -0.384. The summed E-state index contributed by atoms with van der Waals surface area (Å²) >= 11 is 0. The standard InChI is InChI=1S/C17H17NO7/c1-22-14-6-8-15(9-7-14)23-10-11-24-17(19)12-25-16-4-2-13(3-5-16)18(20)21/h2-9H,10-12H2,1H3. The first-order valence-electron chi connectivity index (χ1n) is 7.38. The third kappa shape index (κ3) is 6.02. The smallest absolute Gasteiger partial charge is 0.344 e. The largest absolute Gasteiger partial charge is 0.497 e. The molecule has 0 amide bonds. The molecule has 2 aromatic carbocycles. The summed E-state index contributed by atoms with van der Waals surface area (Å²) in [5.74, 6) is 1.15. The minimum Gasteiger partial charge on any atom is -0.497 e. The zero-order valence-electron chi connectivity index (χ0n) is 13.5. The Bertz CT molecular complexity index is 698. The molecule has 0 aromatic heterocycles. The number of methoxy groups -OCH3 is 1. The van der Waals surface area contributed by atoms with E-state index in [1.54, 1.807) is 31.4 Å². The second-order valence-electron chi connectivity index (χ2n) is 4.78. The van der Waals surface area contributed by atoms with Gasteiger partial charge in [-0.05, 0) is 36.4 Å². The van der Waals surface area contributed by atoms with Gasteiger partial charge in [-0.25, -0.2) is 4.79 Å². The molecule has 25 heavy (non-hydrogen) atoms. The van der Waals surface area contributed by atoms with E-state index in [0.717, 1.165) is 5.75 Å². The minimum absolute atomic E-state index is 0.0504. The normalized spacial score (nSPS) is 9.96. The minimum atomic E-state index is -0.559. The third-order valence-electron chi connectivity index (χ3n) is 3.08. The molecule has 0 fully saturated rings. The highest BCUT2D eigenvalue weighted by molar-refractivity contribution is 5.71. The summed E-state index contributed by atoms with van der Waals surface area (Å²) in [4.78, 5) is 21.6. The van der Waals surface area contributed by atoms with Crippen LogP contribution in [0.4, 0.5) is 5.69 Å². The average molecular weight is 347 g/mol. The van der Waals surface area contributed by atoms with Gasteiger partial charge in [-0.2, -0.15) is 0 Å². The van der Waals surface area contributed by atoms with E-state index in [9.17, 15) is 14.9 Å². The van der Waals surface area contributed by atoms with Gasteiger partial charge < -0.3 is 18.9 Å². The van der Waals surface area contributed by atoms with Gasteiger partial charge in [-0.1, -0.05) is 0 Å². The number of esters is 1. The molecule has 0 atom stereocenters. The van der Waals surface area contributed by atoms with Crippen molar-refractivity contribution in [1.82, 2.24) is 0 Å². The fourth-order valence-corrected chi connectivity index (χ4v) is 1.83. The molecule has 0 heterocycles. The van der Waals surface area contributed by atoms with Crippen LogP contribution in [0.3, 0.4) is 0 Å². The molecule has 0 bridgehead atoms. The van der Waals surface area contributed by atoms with Crippen LogP contribution in [0.2, 0.25) is 0 Å². The van der Waals surface area contributed by atoms with E-state index in [1.807, 2.05) is 0 Å². The Balaban J connectivity index is 1.64. The average Bonchev–Trinajstić information content (AvgIpc) is 2.64. The van der Waals surface area contributed by atoms with E-state index in [-0.39, 0.29) is 25.5 Å². The fourth-order valence-electron chi connectivity index (χ4n) is 1.83. The van der Waals surface area contributed by atoms with Crippen molar-refractivity contribution in [1.29, 1.82) is 0 Å². The van der Waals surface area contributed by atoms with Crippen LogP contribution in [0.5, 0.6) is 17.2 Å². The van der Waals surface area contributed by atoms with Crippen LogP contribution in [-0.4, -0.2) is 37.8 Å². The van der Waals surface area contributed by atoms with Crippen LogP contribution in [0.25, 0.3) is 0 Å². The van der Waals surface area contributed by atoms with Crippen LogP contribution in [0, 0.1) is 10.1 Å². The summed E-state index contributed by atoms with van der Waals surface area (Å²) in [5.41, 5.74) is -0.0504. The molecule has 0 saturated carbocycles. The second-order valence-corrected chi connectivity index (χ2v) is 4.78. The molecule has 132 valence electrons. The highest BCUT2D eigenvalue weighted by Gasteiger charge is 2.07. The Kier molecular flexibility index (Phi) is 6.58. The first-order chi connectivity index (χ1) is 12.1. The number of rotatable bonds is 9. The van der Waals surface area contributed by atoms with E-state index in [2.05, 4.69) is 0 Å². The molecule has 0 saturated heterocycles. The molecular formula is C17H17NO7. The van der Waals surface area contributed by atoms with Gasteiger partial charge in [0.25, 0.3) is 5.69 Å². The lowest BCUT2D eigenvalue weighted by Gasteiger charge is -2.09. The Morgan fingerprint density at radius 3 is 2.08 bits per heavy atom. The summed E-state index contributed by atoms with van der Waals surface area (Å²) in [6, 6.07) is 12.4. The topological polar surface area (TPSA) is 97.1 Å².